The normalized spacial score (nSPS) is 26.2. The molecular weight excluding hydrogens is 332 g/mol. The lowest BCUT2D eigenvalue weighted by Crippen LogP contribution is -2.54. The van der Waals surface area contributed by atoms with Crippen molar-refractivity contribution in [2.45, 2.75) is 19.4 Å². The summed E-state index contributed by atoms with van der Waals surface area (Å²) >= 11 is 3.40. The second kappa shape index (κ2) is 6.32. The second-order valence-electron chi connectivity index (χ2n) is 5.84. The number of piperazine rings is 1. The maximum Gasteiger partial charge on any atom is 0.240 e. The molecule has 1 aromatic rings. The van der Waals surface area contributed by atoms with Crippen molar-refractivity contribution < 1.29 is 4.79 Å². The van der Waals surface area contributed by atoms with Gasteiger partial charge in [0, 0.05) is 36.8 Å². The van der Waals surface area contributed by atoms with Gasteiger partial charge in [-0.1, -0.05) is 6.92 Å². The third kappa shape index (κ3) is 3.21. The molecule has 0 bridgehead atoms. The Labute approximate surface area is 133 Å². The van der Waals surface area contributed by atoms with Crippen molar-refractivity contribution in [1.82, 2.24) is 15.2 Å². The standard InChI is InChI=1S/C15H21BrN4O/c1-11-4-5-17-14(11)15(21)20-8-6-19(7-9-20)13-3-2-12(16)10-18-13/h2-3,10-11,14,17H,4-9H2,1H3. The molecule has 21 heavy (non-hydrogen) atoms. The molecule has 6 heteroatoms. The average Bonchev–Trinajstić information content (AvgIpc) is 2.94. The molecule has 0 aromatic carbocycles. The van der Waals surface area contributed by atoms with Gasteiger partial charge in [0.25, 0.3) is 0 Å². The van der Waals surface area contributed by atoms with E-state index in [9.17, 15) is 4.79 Å². The maximum absolute atomic E-state index is 12.5. The Bertz CT molecular complexity index is 499. The average molecular weight is 353 g/mol. The van der Waals surface area contributed by atoms with E-state index in [1.54, 1.807) is 0 Å². The highest BCUT2D eigenvalue weighted by Gasteiger charge is 2.33. The van der Waals surface area contributed by atoms with Crippen LogP contribution in [0.15, 0.2) is 22.8 Å². The van der Waals surface area contributed by atoms with Crippen LogP contribution in [0.1, 0.15) is 13.3 Å². The van der Waals surface area contributed by atoms with E-state index in [-0.39, 0.29) is 11.9 Å². The van der Waals surface area contributed by atoms with Crippen LogP contribution in [0.25, 0.3) is 0 Å². The van der Waals surface area contributed by atoms with E-state index in [1.165, 1.54) is 0 Å². The number of carbonyl (C=O) groups is 1. The molecule has 1 aromatic heterocycles. The molecule has 2 unspecified atom stereocenters. The first kappa shape index (κ1) is 14.8. The number of rotatable bonds is 2. The molecule has 0 radical (unpaired) electrons. The van der Waals surface area contributed by atoms with Crippen molar-refractivity contribution in [1.29, 1.82) is 0 Å². The fourth-order valence-electron chi connectivity index (χ4n) is 3.07. The molecule has 2 atom stereocenters. The van der Waals surface area contributed by atoms with Crippen LogP contribution in [0, 0.1) is 5.92 Å². The van der Waals surface area contributed by atoms with Crippen molar-refractivity contribution in [2.75, 3.05) is 37.6 Å². The quantitative estimate of drug-likeness (QED) is 0.875. The maximum atomic E-state index is 12.5. The van der Waals surface area contributed by atoms with Crippen molar-refractivity contribution >= 4 is 27.7 Å². The molecule has 2 saturated heterocycles. The minimum absolute atomic E-state index is 0.0161. The van der Waals surface area contributed by atoms with Gasteiger partial charge in [-0.3, -0.25) is 4.79 Å². The van der Waals surface area contributed by atoms with E-state index in [0.29, 0.717) is 5.92 Å². The first-order chi connectivity index (χ1) is 10.1. The molecule has 2 aliphatic heterocycles. The molecule has 5 nitrogen and oxygen atoms in total. The van der Waals surface area contributed by atoms with E-state index < -0.39 is 0 Å². The zero-order chi connectivity index (χ0) is 14.8. The Morgan fingerprint density at radius 2 is 2.10 bits per heavy atom. The summed E-state index contributed by atoms with van der Waals surface area (Å²) < 4.78 is 0.987. The van der Waals surface area contributed by atoms with E-state index in [0.717, 1.165) is 49.4 Å². The van der Waals surface area contributed by atoms with Crippen molar-refractivity contribution in [3.63, 3.8) is 0 Å². The summed E-state index contributed by atoms with van der Waals surface area (Å²) in [7, 11) is 0. The van der Waals surface area contributed by atoms with Crippen molar-refractivity contribution in [2.24, 2.45) is 5.92 Å². The number of pyridine rings is 1. The Morgan fingerprint density at radius 3 is 2.67 bits per heavy atom. The Balaban J connectivity index is 1.57. The van der Waals surface area contributed by atoms with Gasteiger partial charge < -0.3 is 15.1 Å². The number of hydrogen-bond acceptors (Lipinski definition) is 4. The van der Waals surface area contributed by atoms with Crippen LogP contribution in [-0.2, 0) is 4.79 Å². The lowest BCUT2D eigenvalue weighted by molar-refractivity contribution is -0.134. The third-order valence-electron chi connectivity index (χ3n) is 4.43. The van der Waals surface area contributed by atoms with Gasteiger partial charge in [-0.15, -0.1) is 0 Å². The summed E-state index contributed by atoms with van der Waals surface area (Å²) in [4.78, 5) is 21.2. The SMILES string of the molecule is CC1CCNC1C(=O)N1CCN(c2ccc(Br)cn2)CC1. The molecule has 0 aliphatic carbocycles. The Kier molecular flexibility index (Phi) is 4.45. The van der Waals surface area contributed by atoms with Gasteiger partial charge in [-0.05, 0) is 46.9 Å². The largest absolute Gasteiger partial charge is 0.353 e. The van der Waals surface area contributed by atoms with Gasteiger partial charge in [0.05, 0.1) is 6.04 Å². The highest BCUT2D eigenvalue weighted by atomic mass is 79.9. The summed E-state index contributed by atoms with van der Waals surface area (Å²) in [6.45, 7) is 6.37. The lowest BCUT2D eigenvalue weighted by atomic mass is 10.0. The summed E-state index contributed by atoms with van der Waals surface area (Å²) in [5.74, 6) is 1.70. The molecule has 0 saturated carbocycles. The minimum Gasteiger partial charge on any atom is -0.353 e. The molecule has 1 N–H and O–H groups in total. The summed E-state index contributed by atoms with van der Waals surface area (Å²) in [5.41, 5.74) is 0. The molecule has 0 spiro atoms. The smallest absolute Gasteiger partial charge is 0.240 e. The van der Waals surface area contributed by atoms with Crippen LogP contribution in [0.3, 0.4) is 0 Å². The Hall–Kier alpha value is -1.14. The van der Waals surface area contributed by atoms with Crippen LogP contribution in [0.4, 0.5) is 5.82 Å². The van der Waals surface area contributed by atoms with Gasteiger partial charge in [0.1, 0.15) is 5.82 Å². The van der Waals surface area contributed by atoms with Gasteiger partial charge in [0.2, 0.25) is 5.91 Å². The lowest BCUT2D eigenvalue weighted by Gasteiger charge is -2.37. The fraction of sp³-hybridized carbons (Fsp3) is 0.600. The number of carbonyl (C=O) groups excluding carboxylic acids is 1. The first-order valence-corrected chi connectivity index (χ1v) is 8.33. The highest BCUT2D eigenvalue weighted by molar-refractivity contribution is 9.10. The van der Waals surface area contributed by atoms with Crippen LogP contribution in [0.2, 0.25) is 0 Å². The van der Waals surface area contributed by atoms with Gasteiger partial charge in [-0.25, -0.2) is 4.98 Å². The van der Waals surface area contributed by atoms with Crippen LogP contribution in [0.5, 0.6) is 0 Å². The number of halogens is 1. The summed E-state index contributed by atoms with van der Waals surface area (Å²) in [6, 6.07) is 4.04. The van der Waals surface area contributed by atoms with E-state index in [1.807, 2.05) is 23.2 Å². The summed E-state index contributed by atoms with van der Waals surface area (Å²) in [5, 5.41) is 3.33. The topological polar surface area (TPSA) is 48.5 Å². The molecule has 2 fully saturated rings. The fourth-order valence-corrected chi connectivity index (χ4v) is 3.31. The van der Waals surface area contributed by atoms with Gasteiger partial charge >= 0.3 is 0 Å². The van der Waals surface area contributed by atoms with Crippen LogP contribution in [-0.4, -0.2) is 54.6 Å². The van der Waals surface area contributed by atoms with Crippen LogP contribution < -0.4 is 10.2 Å². The van der Waals surface area contributed by atoms with E-state index in [4.69, 9.17) is 0 Å². The van der Waals surface area contributed by atoms with E-state index >= 15 is 0 Å². The van der Waals surface area contributed by atoms with Gasteiger partial charge in [0.15, 0.2) is 0 Å². The molecule has 3 heterocycles. The minimum atomic E-state index is 0.0161. The van der Waals surface area contributed by atoms with Crippen molar-refractivity contribution in [3.8, 4) is 0 Å². The predicted octanol–water partition coefficient (Wildman–Crippen LogP) is 1.49. The molecule has 2 aliphatic rings. The molecule has 1 amide bonds. The third-order valence-corrected chi connectivity index (χ3v) is 4.90. The molecular formula is C15H21BrN4O. The number of anilines is 1. The second-order valence-corrected chi connectivity index (χ2v) is 6.76. The van der Waals surface area contributed by atoms with Crippen molar-refractivity contribution in [3.05, 3.63) is 22.8 Å². The number of nitrogens with one attached hydrogen (secondary N) is 1. The highest BCUT2D eigenvalue weighted by Crippen LogP contribution is 2.20. The number of aromatic nitrogens is 1. The monoisotopic (exact) mass is 352 g/mol. The number of hydrogen-bond donors (Lipinski definition) is 1. The van der Waals surface area contributed by atoms with Crippen LogP contribution >= 0.6 is 15.9 Å². The molecule has 3 rings (SSSR count). The first-order valence-electron chi connectivity index (χ1n) is 7.54. The predicted molar refractivity (Wildman–Crippen MR) is 86.3 cm³/mol. The number of amides is 1. The van der Waals surface area contributed by atoms with Gasteiger partial charge in [-0.2, -0.15) is 0 Å². The number of nitrogens with zero attached hydrogens (tertiary/aromatic N) is 3. The van der Waals surface area contributed by atoms with E-state index in [2.05, 4.69) is 38.1 Å². The zero-order valence-electron chi connectivity index (χ0n) is 12.3. The zero-order valence-corrected chi connectivity index (χ0v) is 13.8. The molecule has 114 valence electrons. The summed E-state index contributed by atoms with van der Waals surface area (Å²) in [6.07, 6.45) is 2.91. The Morgan fingerprint density at radius 1 is 1.33 bits per heavy atom.